The molecule has 2 aromatic carbocycles. The van der Waals surface area contributed by atoms with Gasteiger partial charge in [-0.3, -0.25) is 14.6 Å². The monoisotopic (exact) mass is 433 g/mol. The second-order valence-corrected chi connectivity index (χ2v) is 8.05. The first-order chi connectivity index (χ1) is 15.5. The lowest BCUT2D eigenvalue weighted by molar-refractivity contribution is -0.143. The van der Waals surface area contributed by atoms with Gasteiger partial charge in [-0.15, -0.1) is 0 Å². The van der Waals surface area contributed by atoms with Gasteiger partial charge in [0.1, 0.15) is 12.5 Å². The molecule has 1 heterocycles. The molecular formula is C26H27NO5. The topological polar surface area (TPSA) is 74.2 Å². The van der Waals surface area contributed by atoms with Gasteiger partial charge in [0.2, 0.25) is 0 Å². The Balaban J connectivity index is 1.72. The summed E-state index contributed by atoms with van der Waals surface area (Å²) in [5.41, 5.74) is 3.93. The maximum atomic E-state index is 12.9. The van der Waals surface area contributed by atoms with Crippen molar-refractivity contribution < 1.29 is 23.8 Å². The summed E-state index contributed by atoms with van der Waals surface area (Å²) in [4.78, 5) is 30.3. The number of ether oxygens (including phenoxy) is 3. The molecule has 0 amide bonds. The van der Waals surface area contributed by atoms with Gasteiger partial charge in [-0.25, -0.2) is 0 Å². The van der Waals surface area contributed by atoms with Crippen molar-refractivity contribution in [2.24, 2.45) is 10.9 Å². The van der Waals surface area contributed by atoms with Crippen molar-refractivity contribution >= 4 is 17.5 Å². The third kappa shape index (κ3) is 4.17. The highest BCUT2D eigenvalue weighted by atomic mass is 16.5. The van der Waals surface area contributed by atoms with Crippen LogP contribution in [0.15, 0.2) is 64.8 Å². The Morgan fingerprint density at radius 2 is 1.84 bits per heavy atom. The van der Waals surface area contributed by atoms with Crippen LogP contribution in [0, 0.1) is 5.92 Å². The summed E-state index contributed by atoms with van der Waals surface area (Å²) < 4.78 is 16.7. The standard InChI is InChI=1S/C26H27NO5/c1-16-23(26(29)31-3)24(25-19(27-16)10-7-11-20(25)28)18-12-13-21(22(14-18)30-2)32-15-17-8-5-4-6-9-17/h4-6,8-9,12-14,23-24H,7,10-11,15H2,1-3H3/t23?,24-/m1/s1. The number of rotatable bonds is 6. The predicted molar refractivity (Wildman–Crippen MR) is 121 cm³/mol. The largest absolute Gasteiger partial charge is 0.493 e. The summed E-state index contributed by atoms with van der Waals surface area (Å²) in [5, 5.41) is 0. The van der Waals surface area contributed by atoms with Gasteiger partial charge < -0.3 is 14.2 Å². The minimum atomic E-state index is -0.651. The molecule has 0 spiro atoms. The van der Waals surface area contributed by atoms with Gasteiger partial charge in [-0.2, -0.15) is 0 Å². The smallest absolute Gasteiger partial charge is 0.315 e. The summed E-state index contributed by atoms with van der Waals surface area (Å²) >= 11 is 0. The molecule has 6 heteroatoms. The molecule has 2 aromatic rings. The lowest BCUT2D eigenvalue weighted by Gasteiger charge is -2.34. The highest BCUT2D eigenvalue weighted by Gasteiger charge is 2.43. The van der Waals surface area contributed by atoms with E-state index in [1.807, 2.05) is 55.5 Å². The Labute approximate surface area is 187 Å². The first-order valence-corrected chi connectivity index (χ1v) is 10.8. The minimum absolute atomic E-state index is 0.0461. The number of hydrogen-bond acceptors (Lipinski definition) is 6. The lowest BCUT2D eigenvalue weighted by atomic mass is 9.71. The van der Waals surface area contributed by atoms with Crippen molar-refractivity contribution in [3.8, 4) is 11.5 Å². The highest BCUT2D eigenvalue weighted by molar-refractivity contribution is 6.08. The van der Waals surface area contributed by atoms with E-state index in [0.717, 1.165) is 29.7 Å². The van der Waals surface area contributed by atoms with Crippen LogP contribution in [-0.2, 0) is 20.9 Å². The minimum Gasteiger partial charge on any atom is -0.493 e. The molecule has 0 radical (unpaired) electrons. The summed E-state index contributed by atoms with van der Waals surface area (Å²) in [6, 6.07) is 15.5. The predicted octanol–water partition coefficient (Wildman–Crippen LogP) is 4.63. The van der Waals surface area contributed by atoms with Crippen molar-refractivity contribution in [3.63, 3.8) is 0 Å². The van der Waals surface area contributed by atoms with Crippen LogP contribution in [0.1, 0.15) is 43.2 Å². The van der Waals surface area contributed by atoms with E-state index in [-0.39, 0.29) is 5.78 Å². The number of aliphatic imine (C=N–C) groups is 1. The maximum absolute atomic E-state index is 12.9. The summed E-state index contributed by atoms with van der Waals surface area (Å²) in [5.74, 6) is -0.316. The second-order valence-electron chi connectivity index (χ2n) is 8.05. The van der Waals surface area contributed by atoms with Crippen molar-refractivity contribution in [3.05, 3.63) is 70.9 Å². The summed E-state index contributed by atoms with van der Waals surface area (Å²) in [7, 11) is 2.94. The first kappa shape index (κ1) is 21.8. The number of benzene rings is 2. The number of methoxy groups -OCH3 is 2. The van der Waals surface area contributed by atoms with E-state index in [1.165, 1.54) is 7.11 Å². The molecule has 0 saturated heterocycles. The van der Waals surface area contributed by atoms with Crippen LogP contribution >= 0.6 is 0 Å². The third-order valence-corrected chi connectivity index (χ3v) is 6.07. The molecular weight excluding hydrogens is 406 g/mol. The molecule has 0 aromatic heterocycles. The fourth-order valence-corrected chi connectivity index (χ4v) is 4.53. The zero-order chi connectivity index (χ0) is 22.7. The second kappa shape index (κ2) is 9.39. The van der Waals surface area contributed by atoms with Gasteiger partial charge in [-0.05, 0) is 43.0 Å². The number of nitrogens with zero attached hydrogens (tertiary/aromatic N) is 1. The van der Waals surface area contributed by atoms with Gasteiger partial charge in [-0.1, -0.05) is 36.4 Å². The number of allylic oxidation sites excluding steroid dienone is 2. The van der Waals surface area contributed by atoms with Gasteiger partial charge in [0.05, 0.1) is 14.2 Å². The van der Waals surface area contributed by atoms with Crippen LogP contribution < -0.4 is 9.47 Å². The van der Waals surface area contributed by atoms with E-state index in [4.69, 9.17) is 14.2 Å². The number of carbonyl (C=O) groups excluding carboxylic acids is 2. The number of esters is 1. The van der Waals surface area contributed by atoms with Crippen LogP contribution in [0.5, 0.6) is 11.5 Å². The molecule has 4 rings (SSSR count). The Kier molecular flexibility index (Phi) is 6.40. The molecule has 166 valence electrons. The van der Waals surface area contributed by atoms with Gasteiger partial charge >= 0.3 is 5.97 Å². The number of Topliss-reactive ketones (excluding diaryl/α,β-unsaturated/α-hetero) is 1. The lowest BCUT2D eigenvalue weighted by Crippen LogP contribution is -2.36. The molecule has 6 nitrogen and oxygen atoms in total. The van der Waals surface area contributed by atoms with E-state index < -0.39 is 17.8 Å². The zero-order valence-corrected chi connectivity index (χ0v) is 18.6. The van der Waals surface area contributed by atoms with Crippen LogP contribution in [-0.4, -0.2) is 31.7 Å². The number of hydrogen-bond donors (Lipinski definition) is 0. The molecule has 0 N–H and O–H groups in total. The molecule has 1 unspecified atom stereocenters. The molecule has 2 aliphatic rings. The molecule has 1 aliphatic carbocycles. The van der Waals surface area contributed by atoms with E-state index in [2.05, 4.69) is 4.99 Å². The number of ketones is 1. The molecule has 0 fully saturated rings. The highest BCUT2D eigenvalue weighted by Crippen LogP contribution is 2.45. The quantitative estimate of drug-likeness (QED) is 0.621. The Hall–Kier alpha value is -3.41. The first-order valence-electron chi connectivity index (χ1n) is 10.8. The fraction of sp³-hybridized carbons (Fsp3) is 0.346. The van der Waals surface area contributed by atoms with Crippen LogP contribution in [0.3, 0.4) is 0 Å². The molecule has 32 heavy (non-hydrogen) atoms. The van der Waals surface area contributed by atoms with E-state index in [9.17, 15) is 9.59 Å². The van der Waals surface area contributed by atoms with Crippen LogP contribution in [0.25, 0.3) is 0 Å². The summed E-state index contributed by atoms with van der Waals surface area (Å²) in [6.45, 7) is 2.23. The van der Waals surface area contributed by atoms with Crippen molar-refractivity contribution in [1.82, 2.24) is 0 Å². The maximum Gasteiger partial charge on any atom is 0.315 e. The number of carbonyl (C=O) groups is 2. The fourth-order valence-electron chi connectivity index (χ4n) is 4.53. The molecule has 2 atom stereocenters. The van der Waals surface area contributed by atoms with E-state index in [1.54, 1.807) is 7.11 Å². The van der Waals surface area contributed by atoms with E-state index >= 15 is 0 Å². The van der Waals surface area contributed by atoms with Crippen molar-refractivity contribution in [1.29, 1.82) is 0 Å². The molecule has 1 aliphatic heterocycles. The average molecular weight is 434 g/mol. The van der Waals surface area contributed by atoms with E-state index in [0.29, 0.717) is 35.8 Å². The Morgan fingerprint density at radius 1 is 1.06 bits per heavy atom. The zero-order valence-electron chi connectivity index (χ0n) is 18.6. The third-order valence-electron chi connectivity index (χ3n) is 6.07. The van der Waals surface area contributed by atoms with Gasteiger partial charge in [0.25, 0.3) is 0 Å². The summed E-state index contributed by atoms with van der Waals surface area (Å²) in [6.07, 6.45) is 1.98. The van der Waals surface area contributed by atoms with Gasteiger partial charge in [0, 0.05) is 29.3 Å². The SMILES string of the molecule is COC(=O)C1C(C)=NC2=C(C(=O)CCC2)[C@@H]1c1ccc(OCc2ccccc2)c(OC)c1. The average Bonchev–Trinajstić information content (AvgIpc) is 2.82. The van der Waals surface area contributed by atoms with Gasteiger partial charge in [0.15, 0.2) is 17.3 Å². The Bertz CT molecular complexity index is 1090. The molecule has 0 saturated carbocycles. The van der Waals surface area contributed by atoms with Crippen LogP contribution in [0.2, 0.25) is 0 Å². The van der Waals surface area contributed by atoms with Crippen LogP contribution in [0.4, 0.5) is 0 Å². The Morgan fingerprint density at radius 3 is 2.56 bits per heavy atom. The molecule has 0 bridgehead atoms. The van der Waals surface area contributed by atoms with Crippen molar-refractivity contribution in [2.45, 2.75) is 38.7 Å². The normalized spacial score (nSPS) is 20.3. The van der Waals surface area contributed by atoms with Crippen molar-refractivity contribution in [2.75, 3.05) is 14.2 Å².